The van der Waals surface area contributed by atoms with Crippen LogP contribution in [0.25, 0.3) is 0 Å². The molecular weight excluding hydrogens is 98.1 g/mol. The van der Waals surface area contributed by atoms with Crippen LogP contribution in [0.2, 0.25) is 0 Å². The quantitative estimate of drug-likeness (QED) is 0.541. The summed E-state index contributed by atoms with van der Waals surface area (Å²) in [4.78, 5) is 0. The van der Waals surface area contributed by atoms with Gasteiger partial charge in [-0.3, -0.25) is 0 Å². The molecule has 0 aromatic heterocycles. The Kier molecular flexibility index (Phi) is 1.56. The molecular formula is C7H13N. The Bertz CT molecular complexity index is 96.6. The van der Waals surface area contributed by atoms with Crippen LogP contribution in [0.3, 0.4) is 0 Å². The fraction of sp³-hybridized carbons (Fsp3) is 0.714. The van der Waals surface area contributed by atoms with Gasteiger partial charge in [-0.1, -0.05) is 13.0 Å². The molecule has 1 heterocycles. The second kappa shape index (κ2) is 2.21. The molecule has 1 aliphatic rings. The van der Waals surface area contributed by atoms with Crippen molar-refractivity contribution in [1.82, 2.24) is 5.32 Å². The van der Waals surface area contributed by atoms with E-state index in [1.54, 1.807) is 0 Å². The molecule has 0 fully saturated rings. The third-order valence-corrected chi connectivity index (χ3v) is 1.82. The van der Waals surface area contributed by atoms with E-state index in [9.17, 15) is 0 Å². The Balaban J connectivity index is 2.41. The Morgan fingerprint density at radius 1 is 1.62 bits per heavy atom. The van der Waals surface area contributed by atoms with Crippen LogP contribution in [0.4, 0.5) is 0 Å². The lowest BCUT2D eigenvalue weighted by Gasteiger charge is -2.11. The van der Waals surface area contributed by atoms with E-state index in [1.165, 1.54) is 6.42 Å². The van der Waals surface area contributed by atoms with Gasteiger partial charge in [0, 0.05) is 6.04 Å². The number of hydrogen-bond acceptors (Lipinski definition) is 1. The predicted molar refractivity (Wildman–Crippen MR) is 35.5 cm³/mol. The molecule has 1 aliphatic heterocycles. The van der Waals surface area contributed by atoms with Gasteiger partial charge >= 0.3 is 0 Å². The Morgan fingerprint density at radius 2 is 2.38 bits per heavy atom. The van der Waals surface area contributed by atoms with Crippen LogP contribution in [0, 0.1) is 5.92 Å². The zero-order valence-corrected chi connectivity index (χ0v) is 5.52. The SMILES string of the molecule is CCC1C=CNC1C. The van der Waals surface area contributed by atoms with Gasteiger partial charge in [0.15, 0.2) is 0 Å². The largest absolute Gasteiger partial charge is 0.388 e. The third kappa shape index (κ3) is 0.857. The lowest BCUT2D eigenvalue weighted by molar-refractivity contribution is 0.504. The zero-order chi connectivity index (χ0) is 5.98. The summed E-state index contributed by atoms with van der Waals surface area (Å²) < 4.78 is 0. The van der Waals surface area contributed by atoms with E-state index in [1.807, 2.05) is 0 Å². The van der Waals surface area contributed by atoms with Crippen molar-refractivity contribution in [2.75, 3.05) is 0 Å². The second-order valence-electron chi connectivity index (χ2n) is 2.39. The fourth-order valence-corrected chi connectivity index (χ4v) is 1.11. The minimum Gasteiger partial charge on any atom is -0.388 e. The monoisotopic (exact) mass is 111 g/mol. The molecule has 0 saturated carbocycles. The summed E-state index contributed by atoms with van der Waals surface area (Å²) in [5, 5.41) is 3.24. The molecule has 0 radical (unpaired) electrons. The molecule has 0 aromatic rings. The van der Waals surface area contributed by atoms with Crippen LogP contribution in [0.15, 0.2) is 12.3 Å². The Hall–Kier alpha value is -0.460. The lowest BCUT2D eigenvalue weighted by atomic mass is 10.0. The van der Waals surface area contributed by atoms with Crippen molar-refractivity contribution in [3.05, 3.63) is 12.3 Å². The van der Waals surface area contributed by atoms with Gasteiger partial charge in [0.25, 0.3) is 0 Å². The summed E-state index contributed by atoms with van der Waals surface area (Å²) in [7, 11) is 0. The van der Waals surface area contributed by atoms with Crippen molar-refractivity contribution in [1.29, 1.82) is 0 Å². The minimum absolute atomic E-state index is 0.667. The average Bonchev–Trinajstić information content (AvgIpc) is 2.14. The molecule has 46 valence electrons. The first-order valence-electron chi connectivity index (χ1n) is 3.27. The van der Waals surface area contributed by atoms with Crippen molar-refractivity contribution in [3.8, 4) is 0 Å². The van der Waals surface area contributed by atoms with Crippen molar-refractivity contribution in [2.24, 2.45) is 5.92 Å². The molecule has 1 rings (SSSR count). The van der Waals surface area contributed by atoms with E-state index >= 15 is 0 Å². The molecule has 8 heavy (non-hydrogen) atoms. The zero-order valence-electron chi connectivity index (χ0n) is 5.52. The summed E-state index contributed by atoms with van der Waals surface area (Å²) in [6.45, 7) is 4.44. The Morgan fingerprint density at radius 3 is 2.62 bits per heavy atom. The maximum atomic E-state index is 3.24. The van der Waals surface area contributed by atoms with E-state index < -0.39 is 0 Å². The van der Waals surface area contributed by atoms with E-state index in [2.05, 4.69) is 31.4 Å². The van der Waals surface area contributed by atoms with Crippen LogP contribution < -0.4 is 5.32 Å². The fourth-order valence-electron chi connectivity index (χ4n) is 1.11. The van der Waals surface area contributed by atoms with Gasteiger partial charge in [-0.2, -0.15) is 0 Å². The summed E-state index contributed by atoms with van der Waals surface area (Å²) >= 11 is 0. The third-order valence-electron chi connectivity index (χ3n) is 1.82. The van der Waals surface area contributed by atoms with Crippen molar-refractivity contribution < 1.29 is 0 Å². The maximum absolute atomic E-state index is 3.24. The first-order valence-corrected chi connectivity index (χ1v) is 3.27. The summed E-state index contributed by atoms with van der Waals surface area (Å²) in [6.07, 6.45) is 5.55. The second-order valence-corrected chi connectivity index (χ2v) is 2.39. The van der Waals surface area contributed by atoms with E-state index in [4.69, 9.17) is 0 Å². The molecule has 1 heteroatoms. The molecule has 1 N–H and O–H groups in total. The summed E-state index contributed by atoms with van der Waals surface area (Å²) in [6, 6.07) is 0.667. The molecule has 1 nitrogen and oxygen atoms in total. The highest BCUT2D eigenvalue weighted by Gasteiger charge is 2.14. The van der Waals surface area contributed by atoms with Crippen LogP contribution in [-0.2, 0) is 0 Å². The topological polar surface area (TPSA) is 12.0 Å². The van der Waals surface area contributed by atoms with Crippen LogP contribution >= 0.6 is 0 Å². The lowest BCUT2D eigenvalue weighted by Crippen LogP contribution is -2.21. The molecule has 0 bridgehead atoms. The van der Waals surface area contributed by atoms with Gasteiger partial charge in [-0.25, -0.2) is 0 Å². The van der Waals surface area contributed by atoms with Crippen molar-refractivity contribution in [3.63, 3.8) is 0 Å². The molecule has 0 saturated heterocycles. The highest BCUT2D eigenvalue weighted by molar-refractivity contribution is 4.99. The maximum Gasteiger partial charge on any atom is 0.0290 e. The first-order chi connectivity index (χ1) is 3.84. The van der Waals surface area contributed by atoms with Gasteiger partial charge in [0.2, 0.25) is 0 Å². The predicted octanol–water partition coefficient (Wildman–Crippen LogP) is 1.52. The van der Waals surface area contributed by atoms with E-state index in [-0.39, 0.29) is 0 Å². The van der Waals surface area contributed by atoms with Crippen molar-refractivity contribution in [2.45, 2.75) is 26.3 Å². The summed E-state index contributed by atoms with van der Waals surface area (Å²) in [5.74, 6) is 0.773. The van der Waals surface area contributed by atoms with Crippen molar-refractivity contribution >= 4 is 0 Å². The average molecular weight is 111 g/mol. The van der Waals surface area contributed by atoms with E-state index in [0.29, 0.717) is 6.04 Å². The van der Waals surface area contributed by atoms with Crippen LogP contribution in [0.1, 0.15) is 20.3 Å². The molecule has 0 amide bonds. The first kappa shape index (κ1) is 5.67. The minimum atomic E-state index is 0.667. The standard InChI is InChI=1S/C7H13N/c1-3-7-4-5-8-6(7)2/h4-8H,3H2,1-2H3. The number of nitrogens with one attached hydrogen (secondary N) is 1. The Labute approximate surface area is 50.8 Å². The highest BCUT2D eigenvalue weighted by atomic mass is 14.9. The number of rotatable bonds is 1. The normalized spacial score (nSPS) is 35.2. The smallest absolute Gasteiger partial charge is 0.0290 e. The molecule has 0 aliphatic carbocycles. The van der Waals surface area contributed by atoms with Gasteiger partial charge in [-0.05, 0) is 25.5 Å². The molecule has 2 atom stereocenters. The number of hydrogen-bond donors (Lipinski definition) is 1. The van der Waals surface area contributed by atoms with Gasteiger partial charge in [-0.15, -0.1) is 0 Å². The molecule has 0 spiro atoms. The van der Waals surface area contributed by atoms with E-state index in [0.717, 1.165) is 5.92 Å². The van der Waals surface area contributed by atoms with Crippen LogP contribution in [0.5, 0.6) is 0 Å². The molecule has 0 aromatic carbocycles. The van der Waals surface area contributed by atoms with Crippen LogP contribution in [-0.4, -0.2) is 6.04 Å². The highest BCUT2D eigenvalue weighted by Crippen LogP contribution is 2.13. The van der Waals surface area contributed by atoms with Gasteiger partial charge in [0.1, 0.15) is 0 Å². The summed E-state index contributed by atoms with van der Waals surface area (Å²) in [5.41, 5.74) is 0. The van der Waals surface area contributed by atoms with Gasteiger partial charge in [0.05, 0.1) is 0 Å². The molecule has 2 unspecified atom stereocenters. The van der Waals surface area contributed by atoms with Gasteiger partial charge < -0.3 is 5.32 Å².